The standard InChI is InChI=1S/C13H21N3O/c1-3-6-14-12-9-11(4-7-15-12)16-13(2)5-8-17-10-13/h4,7,9H,3,5-6,8,10H2,1-2H3,(H2,14,15,16). The SMILES string of the molecule is CCCNc1cc(NC2(C)CCOC2)ccn1. The largest absolute Gasteiger partial charge is 0.379 e. The van der Waals surface area contributed by atoms with Crippen molar-refractivity contribution in [2.24, 2.45) is 0 Å². The van der Waals surface area contributed by atoms with Gasteiger partial charge in [-0.05, 0) is 25.8 Å². The fourth-order valence-electron chi connectivity index (χ4n) is 1.97. The van der Waals surface area contributed by atoms with Crippen molar-refractivity contribution in [1.82, 2.24) is 4.98 Å². The van der Waals surface area contributed by atoms with Crippen LogP contribution in [0.1, 0.15) is 26.7 Å². The van der Waals surface area contributed by atoms with Gasteiger partial charge in [0.2, 0.25) is 0 Å². The molecule has 1 aromatic rings. The Hall–Kier alpha value is -1.29. The predicted octanol–water partition coefficient (Wildman–Crippen LogP) is 2.49. The average Bonchev–Trinajstić information content (AvgIpc) is 2.73. The maximum atomic E-state index is 5.43. The Morgan fingerprint density at radius 3 is 3.12 bits per heavy atom. The number of aromatic nitrogens is 1. The van der Waals surface area contributed by atoms with Crippen LogP contribution in [0.25, 0.3) is 0 Å². The van der Waals surface area contributed by atoms with E-state index in [4.69, 9.17) is 4.74 Å². The number of ether oxygens (including phenoxy) is 1. The lowest BCUT2D eigenvalue weighted by molar-refractivity contribution is 0.185. The normalized spacial score (nSPS) is 23.6. The molecular formula is C13H21N3O. The van der Waals surface area contributed by atoms with Crippen molar-refractivity contribution >= 4 is 11.5 Å². The molecule has 1 saturated heterocycles. The van der Waals surface area contributed by atoms with Crippen molar-refractivity contribution in [3.05, 3.63) is 18.3 Å². The second kappa shape index (κ2) is 5.36. The van der Waals surface area contributed by atoms with E-state index in [1.807, 2.05) is 12.3 Å². The van der Waals surface area contributed by atoms with Gasteiger partial charge >= 0.3 is 0 Å². The Morgan fingerprint density at radius 1 is 1.53 bits per heavy atom. The van der Waals surface area contributed by atoms with Gasteiger partial charge < -0.3 is 15.4 Å². The third-order valence-electron chi connectivity index (χ3n) is 2.98. The van der Waals surface area contributed by atoms with E-state index < -0.39 is 0 Å². The second-order valence-corrected chi connectivity index (χ2v) is 4.84. The minimum atomic E-state index is 0.0589. The molecule has 1 aromatic heterocycles. The van der Waals surface area contributed by atoms with Gasteiger partial charge in [-0.1, -0.05) is 6.92 Å². The zero-order chi connectivity index (χ0) is 12.1. The quantitative estimate of drug-likeness (QED) is 0.823. The molecule has 0 amide bonds. The van der Waals surface area contributed by atoms with Crippen LogP contribution in [0.3, 0.4) is 0 Å². The average molecular weight is 235 g/mol. The molecule has 1 unspecified atom stereocenters. The van der Waals surface area contributed by atoms with Crippen molar-refractivity contribution in [3.8, 4) is 0 Å². The molecular weight excluding hydrogens is 214 g/mol. The Balaban J connectivity index is 2.00. The minimum absolute atomic E-state index is 0.0589. The van der Waals surface area contributed by atoms with Crippen molar-refractivity contribution < 1.29 is 4.74 Å². The van der Waals surface area contributed by atoms with Gasteiger partial charge in [0.15, 0.2) is 0 Å². The van der Waals surface area contributed by atoms with Crippen molar-refractivity contribution in [2.45, 2.75) is 32.2 Å². The summed E-state index contributed by atoms with van der Waals surface area (Å²) in [5, 5.41) is 6.82. The van der Waals surface area contributed by atoms with Crippen LogP contribution in [0.15, 0.2) is 18.3 Å². The molecule has 17 heavy (non-hydrogen) atoms. The van der Waals surface area contributed by atoms with E-state index in [0.717, 1.165) is 44.1 Å². The van der Waals surface area contributed by atoms with Crippen LogP contribution in [0.5, 0.6) is 0 Å². The third-order valence-corrected chi connectivity index (χ3v) is 2.98. The topological polar surface area (TPSA) is 46.2 Å². The highest BCUT2D eigenvalue weighted by atomic mass is 16.5. The summed E-state index contributed by atoms with van der Waals surface area (Å²) < 4.78 is 5.43. The van der Waals surface area contributed by atoms with Gasteiger partial charge in [-0.25, -0.2) is 4.98 Å². The van der Waals surface area contributed by atoms with Crippen molar-refractivity contribution in [2.75, 3.05) is 30.4 Å². The highest BCUT2D eigenvalue weighted by molar-refractivity contribution is 5.53. The fourth-order valence-corrected chi connectivity index (χ4v) is 1.97. The Kier molecular flexibility index (Phi) is 3.84. The molecule has 4 nitrogen and oxygen atoms in total. The van der Waals surface area contributed by atoms with E-state index in [9.17, 15) is 0 Å². The highest BCUT2D eigenvalue weighted by Crippen LogP contribution is 2.24. The van der Waals surface area contributed by atoms with Crippen molar-refractivity contribution in [1.29, 1.82) is 0 Å². The summed E-state index contributed by atoms with van der Waals surface area (Å²) in [7, 11) is 0. The highest BCUT2D eigenvalue weighted by Gasteiger charge is 2.29. The summed E-state index contributed by atoms with van der Waals surface area (Å²) in [6.07, 6.45) is 3.98. The van der Waals surface area contributed by atoms with Gasteiger partial charge in [-0.3, -0.25) is 0 Å². The number of pyridine rings is 1. The van der Waals surface area contributed by atoms with Crippen LogP contribution in [0, 0.1) is 0 Å². The molecule has 1 atom stereocenters. The monoisotopic (exact) mass is 235 g/mol. The summed E-state index contributed by atoms with van der Waals surface area (Å²) in [5.74, 6) is 0.930. The van der Waals surface area contributed by atoms with Crippen molar-refractivity contribution in [3.63, 3.8) is 0 Å². The lowest BCUT2D eigenvalue weighted by atomic mass is 10.0. The smallest absolute Gasteiger partial charge is 0.127 e. The molecule has 2 rings (SSSR count). The summed E-state index contributed by atoms with van der Waals surface area (Å²) in [5.41, 5.74) is 1.16. The van der Waals surface area contributed by atoms with E-state index in [-0.39, 0.29) is 5.54 Å². The number of anilines is 2. The van der Waals surface area contributed by atoms with E-state index in [0.29, 0.717) is 0 Å². The number of hydrogen-bond acceptors (Lipinski definition) is 4. The molecule has 2 heterocycles. The van der Waals surface area contributed by atoms with E-state index in [2.05, 4.69) is 35.5 Å². The molecule has 1 aliphatic heterocycles. The van der Waals surface area contributed by atoms with Crippen LogP contribution in [0.2, 0.25) is 0 Å². The second-order valence-electron chi connectivity index (χ2n) is 4.84. The lowest BCUT2D eigenvalue weighted by Gasteiger charge is -2.25. The van der Waals surface area contributed by atoms with E-state index in [1.165, 1.54) is 0 Å². The summed E-state index contributed by atoms with van der Waals surface area (Å²) >= 11 is 0. The molecule has 1 fully saturated rings. The van der Waals surface area contributed by atoms with Crippen LogP contribution in [-0.2, 0) is 4.74 Å². The first-order chi connectivity index (χ1) is 8.22. The first-order valence-corrected chi connectivity index (χ1v) is 6.28. The maximum Gasteiger partial charge on any atom is 0.127 e. The van der Waals surface area contributed by atoms with Gasteiger partial charge in [0, 0.05) is 31.1 Å². The zero-order valence-corrected chi connectivity index (χ0v) is 10.6. The van der Waals surface area contributed by atoms with Crippen LogP contribution in [-0.4, -0.2) is 30.3 Å². The number of hydrogen-bond donors (Lipinski definition) is 2. The number of nitrogens with zero attached hydrogens (tertiary/aromatic N) is 1. The zero-order valence-electron chi connectivity index (χ0n) is 10.6. The lowest BCUT2D eigenvalue weighted by Crippen LogP contribution is -2.34. The molecule has 4 heteroatoms. The molecule has 0 aliphatic carbocycles. The molecule has 0 spiro atoms. The van der Waals surface area contributed by atoms with Gasteiger partial charge in [0.25, 0.3) is 0 Å². The first-order valence-electron chi connectivity index (χ1n) is 6.28. The van der Waals surface area contributed by atoms with Crippen LogP contribution >= 0.6 is 0 Å². The van der Waals surface area contributed by atoms with Crippen LogP contribution in [0.4, 0.5) is 11.5 Å². The first kappa shape index (κ1) is 12.2. The molecule has 0 bridgehead atoms. The number of rotatable bonds is 5. The molecule has 2 N–H and O–H groups in total. The van der Waals surface area contributed by atoms with Gasteiger partial charge in [0.05, 0.1) is 12.1 Å². The summed E-state index contributed by atoms with van der Waals surface area (Å²) in [6, 6.07) is 4.06. The summed E-state index contributed by atoms with van der Waals surface area (Å²) in [4.78, 5) is 4.29. The molecule has 1 aliphatic rings. The molecule has 0 radical (unpaired) electrons. The molecule has 94 valence electrons. The third kappa shape index (κ3) is 3.33. The molecule has 0 saturated carbocycles. The van der Waals surface area contributed by atoms with Crippen LogP contribution < -0.4 is 10.6 Å². The Bertz CT molecular complexity index is 361. The summed E-state index contributed by atoms with van der Waals surface area (Å²) in [6.45, 7) is 6.91. The molecule has 0 aromatic carbocycles. The number of nitrogens with one attached hydrogen (secondary N) is 2. The Morgan fingerprint density at radius 2 is 2.41 bits per heavy atom. The minimum Gasteiger partial charge on any atom is -0.379 e. The van der Waals surface area contributed by atoms with Gasteiger partial charge in [-0.2, -0.15) is 0 Å². The predicted molar refractivity (Wildman–Crippen MR) is 70.5 cm³/mol. The maximum absolute atomic E-state index is 5.43. The van der Waals surface area contributed by atoms with Gasteiger partial charge in [-0.15, -0.1) is 0 Å². The van der Waals surface area contributed by atoms with Gasteiger partial charge in [0.1, 0.15) is 5.82 Å². The van der Waals surface area contributed by atoms with E-state index in [1.54, 1.807) is 0 Å². The fraction of sp³-hybridized carbons (Fsp3) is 0.615. The Labute approximate surface area is 103 Å². The van der Waals surface area contributed by atoms with E-state index >= 15 is 0 Å².